The maximum absolute atomic E-state index is 12.2. The first-order valence-electron chi connectivity index (χ1n) is 7.14. The Bertz CT molecular complexity index is 621. The van der Waals surface area contributed by atoms with Crippen LogP contribution in [0.5, 0.6) is 5.88 Å². The first-order valence-corrected chi connectivity index (χ1v) is 7.14. The largest absolute Gasteiger partial charge is 0.481 e. The minimum atomic E-state index is -0.289. The van der Waals surface area contributed by atoms with Crippen LogP contribution in [0.1, 0.15) is 34.9 Å². The Morgan fingerprint density at radius 1 is 1.45 bits per heavy atom. The Morgan fingerprint density at radius 2 is 2.27 bits per heavy atom. The zero-order valence-electron chi connectivity index (χ0n) is 12.2. The van der Waals surface area contributed by atoms with E-state index in [0.29, 0.717) is 24.4 Å². The van der Waals surface area contributed by atoms with Gasteiger partial charge in [-0.15, -0.1) is 0 Å². The van der Waals surface area contributed by atoms with Gasteiger partial charge in [0.05, 0.1) is 31.8 Å². The molecule has 2 aromatic heterocycles. The van der Waals surface area contributed by atoms with E-state index < -0.39 is 0 Å². The molecule has 0 spiro atoms. The second kappa shape index (κ2) is 6.15. The van der Waals surface area contributed by atoms with Crippen molar-refractivity contribution >= 4 is 5.91 Å². The Kier molecular flexibility index (Phi) is 4.06. The quantitative estimate of drug-likeness (QED) is 0.766. The molecule has 0 unspecified atom stereocenters. The first kappa shape index (κ1) is 14.5. The second-order valence-electron chi connectivity index (χ2n) is 5.44. The number of aromatic amines is 1. The van der Waals surface area contributed by atoms with Crippen molar-refractivity contribution in [2.24, 2.45) is 5.92 Å². The van der Waals surface area contributed by atoms with Gasteiger partial charge >= 0.3 is 0 Å². The highest BCUT2D eigenvalue weighted by Crippen LogP contribution is 2.38. The first-order chi connectivity index (χ1) is 10.7. The SMILES string of the molecule is COc1ccc([C@H](NC(=O)c2cnc[nH]2)C2CC(O)C2)cn1. The van der Waals surface area contributed by atoms with Crippen LogP contribution in [0, 0.1) is 5.92 Å². The Hall–Kier alpha value is -2.41. The number of carbonyl (C=O) groups excluding carboxylic acids is 1. The van der Waals surface area contributed by atoms with Gasteiger partial charge in [-0.25, -0.2) is 9.97 Å². The number of H-pyrrole nitrogens is 1. The molecule has 0 bridgehead atoms. The van der Waals surface area contributed by atoms with Crippen LogP contribution >= 0.6 is 0 Å². The molecule has 7 heteroatoms. The number of hydrogen-bond acceptors (Lipinski definition) is 5. The Labute approximate surface area is 127 Å². The van der Waals surface area contributed by atoms with E-state index in [1.165, 1.54) is 12.5 Å². The van der Waals surface area contributed by atoms with E-state index in [2.05, 4.69) is 20.3 Å². The van der Waals surface area contributed by atoms with Crippen molar-refractivity contribution in [1.82, 2.24) is 20.3 Å². The van der Waals surface area contributed by atoms with Gasteiger partial charge in [-0.2, -0.15) is 0 Å². The predicted octanol–water partition coefficient (Wildman–Crippen LogP) is 1.06. The van der Waals surface area contributed by atoms with Crippen LogP contribution in [0.15, 0.2) is 30.9 Å². The van der Waals surface area contributed by atoms with E-state index in [0.717, 1.165) is 5.56 Å². The summed E-state index contributed by atoms with van der Waals surface area (Å²) in [7, 11) is 1.56. The van der Waals surface area contributed by atoms with Gasteiger partial charge in [0.1, 0.15) is 5.69 Å². The summed E-state index contributed by atoms with van der Waals surface area (Å²) < 4.78 is 5.06. The van der Waals surface area contributed by atoms with Crippen molar-refractivity contribution in [2.45, 2.75) is 25.0 Å². The summed E-state index contributed by atoms with van der Waals surface area (Å²) in [5.41, 5.74) is 1.30. The molecular formula is C15H18N4O3. The van der Waals surface area contributed by atoms with Gasteiger partial charge in [0.25, 0.3) is 5.91 Å². The topological polar surface area (TPSA) is 100 Å². The zero-order valence-corrected chi connectivity index (χ0v) is 12.2. The van der Waals surface area contributed by atoms with Crippen LogP contribution in [0.2, 0.25) is 0 Å². The molecule has 7 nitrogen and oxygen atoms in total. The molecule has 0 saturated heterocycles. The number of aliphatic hydroxyl groups excluding tert-OH is 1. The number of carbonyl (C=O) groups is 1. The maximum atomic E-state index is 12.2. The average Bonchev–Trinajstić information content (AvgIpc) is 3.04. The normalized spacial score (nSPS) is 21.7. The monoisotopic (exact) mass is 302 g/mol. The molecule has 22 heavy (non-hydrogen) atoms. The van der Waals surface area contributed by atoms with Crippen molar-refractivity contribution in [2.75, 3.05) is 7.11 Å². The highest BCUT2D eigenvalue weighted by molar-refractivity contribution is 5.92. The number of rotatable bonds is 5. The van der Waals surface area contributed by atoms with Crippen molar-refractivity contribution in [3.8, 4) is 5.88 Å². The fourth-order valence-corrected chi connectivity index (χ4v) is 2.67. The smallest absolute Gasteiger partial charge is 0.269 e. The molecule has 2 heterocycles. The lowest BCUT2D eigenvalue weighted by molar-refractivity contribution is 0.0234. The summed E-state index contributed by atoms with van der Waals surface area (Å²) in [5, 5.41) is 12.5. The molecule has 1 amide bonds. The number of ether oxygens (including phenoxy) is 1. The van der Waals surface area contributed by atoms with Gasteiger partial charge in [0.15, 0.2) is 0 Å². The molecule has 116 valence electrons. The number of hydrogen-bond donors (Lipinski definition) is 3. The maximum Gasteiger partial charge on any atom is 0.269 e. The molecule has 1 aliphatic carbocycles. The molecule has 1 saturated carbocycles. The van der Waals surface area contributed by atoms with Crippen molar-refractivity contribution in [1.29, 1.82) is 0 Å². The van der Waals surface area contributed by atoms with Gasteiger partial charge in [-0.1, -0.05) is 6.07 Å². The van der Waals surface area contributed by atoms with E-state index >= 15 is 0 Å². The van der Waals surface area contributed by atoms with Gasteiger partial charge in [0.2, 0.25) is 5.88 Å². The summed E-state index contributed by atoms with van der Waals surface area (Å²) >= 11 is 0. The Balaban J connectivity index is 1.78. The third-order valence-corrected chi connectivity index (χ3v) is 3.98. The number of nitrogens with zero attached hydrogens (tertiary/aromatic N) is 2. The van der Waals surface area contributed by atoms with Gasteiger partial charge in [-0.05, 0) is 24.3 Å². The third kappa shape index (κ3) is 2.94. The molecule has 1 atom stereocenters. The number of imidazole rings is 1. The third-order valence-electron chi connectivity index (χ3n) is 3.98. The minimum absolute atomic E-state index is 0.192. The van der Waals surface area contributed by atoms with E-state index in [1.807, 2.05) is 6.07 Å². The van der Waals surface area contributed by atoms with E-state index in [1.54, 1.807) is 19.4 Å². The summed E-state index contributed by atoms with van der Waals surface area (Å²) in [4.78, 5) is 23.1. The minimum Gasteiger partial charge on any atom is -0.481 e. The number of pyridine rings is 1. The van der Waals surface area contributed by atoms with Crippen molar-refractivity contribution < 1.29 is 14.6 Å². The summed E-state index contributed by atoms with van der Waals surface area (Å²) in [5.74, 6) is 0.493. The Morgan fingerprint density at radius 3 is 2.82 bits per heavy atom. The van der Waals surface area contributed by atoms with Gasteiger partial charge in [-0.3, -0.25) is 4.79 Å². The average molecular weight is 302 g/mol. The van der Waals surface area contributed by atoms with Gasteiger partial charge < -0.3 is 20.1 Å². The standard InChI is InChI=1S/C15H18N4O3/c1-22-13-3-2-9(6-17-13)14(10-4-11(20)5-10)19-15(21)12-7-16-8-18-12/h2-3,6-8,10-11,14,20H,4-5H2,1H3,(H,16,18)(H,19,21)/t10?,11?,14-/m0/s1. The van der Waals surface area contributed by atoms with Crippen LogP contribution in [0.25, 0.3) is 0 Å². The zero-order chi connectivity index (χ0) is 15.5. The van der Waals surface area contributed by atoms with Crippen LogP contribution in [-0.4, -0.2) is 39.2 Å². The molecule has 3 rings (SSSR count). The van der Waals surface area contributed by atoms with Crippen LogP contribution in [-0.2, 0) is 0 Å². The molecule has 0 radical (unpaired) electrons. The lowest BCUT2D eigenvalue weighted by Crippen LogP contribution is -2.41. The van der Waals surface area contributed by atoms with Gasteiger partial charge in [0, 0.05) is 12.3 Å². The predicted molar refractivity (Wildman–Crippen MR) is 78.3 cm³/mol. The highest BCUT2D eigenvalue weighted by Gasteiger charge is 2.36. The molecule has 0 aromatic carbocycles. The number of aliphatic hydroxyl groups is 1. The number of aromatic nitrogens is 3. The lowest BCUT2D eigenvalue weighted by atomic mass is 9.75. The van der Waals surface area contributed by atoms with Crippen LogP contribution in [0.4, 0.5) is 0 Å². The summed E-state index contributed by atoms with van der Waals surface area (Å²) in [6, 6.07) is 3.45. The fourth-order valence-electron chi connectivity index (χ4n) is 2.67. The summed E-state index contributed by atoms with van der Waals surface area (Å²) in [6.07, 6.45) is 5.68. The number of nitrogens with one attached hydrogen (secondary N) is 2. The van der Waals surface area contributed by atoms with E-state index in [-0.39, 0.29) is 24.0 Å². The summed E-state index contributed by atoms with van der Waals surface area (Å²) in [6.45, 7) is 0. The number of methoxy groups -OCH3 is 1. The van der Waals surface area contributed by atoms with Crippen LogP contribution < -0.4 is 10.1 Å². The lowest BCUT2D eigenvalue weighted by Gasteiger charge is -2.38. The molecule has 1 fully saturated rings. The van der Waals surface area contributed by atoms with E-state index in [4.69, 9.17) is 4.74 Å². The molecule has 0 aliphatic heterocycles. The van der Waals surface area contributed by atoms with E-state index in [9.17, 15) is 9.90 Å². The van der Waals surface area contributed by atoms with Crippen molar-refractivity contribution in [3.63, 3.8) is 0 Å². The molecular weight excluding hydrogens is 284 g/mol. The molecule has 2 aromatic rings. The molecule has 3 N–H and O–H groups in total. The van der Waals surface area contributed by atoms with Crippen LogP contribution in [0.3, 0.4) is 0 Å². The number of amides is 1. The second-order valence-corrected chi connectivity index (χ2v) is 5.44. The highest BCUT2D eigenvalue weighted by atomic mass is 16.5. The van der Waals surface area contributed by atoms with Crippen molar-refractivity contribution in [3.05, 3.63) is 42.1 Å². The molecule has 1 aliphatic rings. The fraction of sp³-hybridized carbons (Fsp3) is 0.400.